The number of methoxy groups -OCH3 is 1. The van der Waals surface area contributed by atoms with Gasteiger partial charge in [-0.05, 0) is 57.4 Å². The number of Topliss-reactive ketones (excluding diaryl/α,β-unsaturated/α-hetero) is 1. The Labute approximate surface area is 301 Å². The Morgan fingerprint density at radius 1 is 0.635 bits per heavy atom. The largest absolute Gasteiger partial charge is 0.508 e. The van der Waals surface area contributed by atoms with Gasteiger partial charge in [0.15, 0.2) is 24.1 Å². The number of nitrogens with one attached hydrogen (secondary N) is 2. The zero-order chi connectivity index (χ0) is 38.8. The third kappa shape index (κ3) is 15.3. The number of carbonyl (C=O) groups excluding carboxylic acids is 7. The quantitative estimate of drug-likeness (QED) is 0.0794. The molecule has 4 N–H and O–H groups in total. The summed E-state index contributed by atoms with van der Waals surface area (Å²) in [7, 11) is 1.45. The number of carbonyl (C=O) groups is 7. The highest BCUT2D eigenvalue weighted by Crippen LogP contribution is 2.14. The average Bonchev–Trinajstić information content (AvgIpc) is 3.11. The van der Waals surface area contributed by atoms with Crippen molar-refractivity contribution >= 4 is 41.5 Å². The summed E-state index contributed by atoms with van der Waals surface area (Å²) in [4.78, 5) is 88.6. The summed E-state index contributed by atoms with van der Waals surface area (Å²) in [5.74, 6) is -6.05. The second kappa shape index (κ2) is 21.8. The van der Waals surface area contributed by atoms with Crippen LogP contribution in [0.25, 0.3) is 0 Å². The summed E-state index contributed by atoms with van der Waals surface area (Å²) in [5, 5.41) is 24.0. The van der Waals surface area contributed by atoms with Crippen LogP contribution in [0.1, 0.15) is 51.7 Å². The fraction of sp³-hybridized carbons (Fsp3) is 0.472. The minimum Gasteiger partial charge on any atom is -0.508 e. The first kappa shape index (κ1) is 42.8. The molecule has 6 atom stereocenters. The molecule has 284 valence electrons. The SMILES string of the molecule is COCCOC(=O)C(Cc1ccccc1)NC(=O)CCC(=O)C(Cc1ccc(O)cc1)NC(=O)C(C)OC(=O)C(C)OC(=O)C(C)OC(=O)C(C)O. The predicted molar refractivity (Wildman–Crippen MR) is 181 cm³/mol. The number of ether oxygens (including phenoxy) is 5. The fourth-order valence-electron chi connectivity index (χ4n) is 4.41. The Kier molecular flexibility index (Phi) is 17.9. The number of esters is 4. The number of ketones is 1. The molecule has 0 fully saturated rings. The monoisotopic (exact) mass is 730 g/mol. The summed E-state index contributed by atoms with van der Waals surface area (Å²) in [6, 6.07) is 12.6. The van der Waals surface area contributed by atoms with Crippen molar-refractivity contribution in [2.75, 3.05) is 20.3 Å². The fourth-order valence-corrected chi connectivity index (χ4v) is 4.41. The highest BCUT2D eigenvalue weighted by atomic mass is 16.6. The Morgan fingerprint density at radius 2 is 1.17 bits per heavy atom. The van der Waals surface area contributed by atoms with Crippen LogP contribution in [0.2, 0.25) is 0 Å². The number of phenolic OH excluding ortho intramolecular Hbond substituents is 1. The summed E-state index contributed by atoms with van der Waals surface area (Å²) in [6.45, 7) is 4.85. The van der Waals surface area contributed by atoms with Crippen LogP contribution in [0.4, 0.5) is 0 Å². The van der Waals surface area contributed by atoms with Crippen LogP contribution in [0, 0.1) is 0 Å². The van der Waals surface area contributed by atoms with Crippen molar-refractivity contribution in [1.29, 1.82) is 0 Å². The zero-order valence-corrected chi connectivity index (χ0v) is 29.7. The second-order valence-corrected chi connectivity index (χ2v) is 11.8. The summed E-state index contributed by atoms with van der Waals surface area (Å²) in [5.41, 5.74) is 1.32. The van der Waals surface area contributed by atoms with Crippen molar-refractivity contribution in [2.45, 2.75) is 89.9 Å². The Hall–Kier alpha value is -5.35. The molecule has 2 amide bonds. The highest BCUT2D eigenvalue weighted by Gasteiger charge is 2.31. The minimum atomic E-state index is -1.52. The van der Waals surface area contributed by atoms with Crippen LogP contribution < -0.4 is 10.6 Å². The molecule has 2 rings (SSSR count). The Bertz CT molecular complexity index is 1510. The number of rotatable bonds is 21. The van der Waals surface area contributed by atoms with E-state index in [1.54, 1.807) is 30.3 Å². The molecule has 0 heterocycles. The van der Waals surface area contributed by atoms with Gasteiger partial charge in [0.25, 0.3) is 5.91 Å². The summed E-state index contributed by atoms with van der Waals surface area (Å²) >= 11 is 0. The molecule has 16 nitrogen and oxygen atoms in total. The molecule has 0 aliphatic carbocycles. The summed E-state index contributed by atoms with van der Waals surface area (Å²) in [6.07, 6.45) is -6.52. The number of amides is 2. The maximum atomic E-state index is 13.4. The van der Waals surface area contributed by atoms with Crippen LogP contribution in [0.15, 0.2) is 54.6 Å². The third-order valence-corrected chi connectivity index (χ3v) is 7.37. The lowest BCUT2D eigenvalue weighted by Crippen LogP contribution is -2.48. The molecule has 16 heteroatoms. The van der Waals surface area contributed by atoms with E-state index in [2.05, 4.69) is 10.6 Å². The molecular weight excluding hydrogens is 684 g/mol. The lowest BCUT2D eigenvalue weighted by atomic mass is 9.98. The van der Waals surface area contributed by atoms with Crippen LogP contribution in [0.5, 0.6) is 5.75 Å². The molecule has 2 aromatic rings. The molecule has 2 aromatic carbocycles. The first-order chi connectivity index (χ1) is 24.6. The highest BCUT2D eigenvalue weighted by molar-refractivity contribution is 5.94. The van der Waals surface area contributed by atoms with Gasteiger partial charge < -0.3 is 44.5 Å². The number of aliphatic hydroxyl groups excluding tert-OH is 1. The minimum absolute atomic E-state index is 0.0213. The van der Waals surface area contributed by atoms with Crippen molar-refractivity contribution in [3.8, 4) is 5.75 Å². The van der Waals surface area contributed by atoms with Crippen LogP contribution in [-0.4, -0.2) is 109 Å². The number of hydrogen-bond acceptors (Lipinski definition) is 14. The molecule has 0 bridgehead atoms. The van der Waals surface area contributed by atoms with Gasteiger partial charge in [0.05, 0.1) is 12.6 Å². The number of hydrogen-bond donors (Lipinski definition) is 4. The van der Waals surface area contributed by atoms with Crippen molar-refractivity contribution in [3.63, 3.8) is 0 Å². The van der Waals surface area contributed by atoms with E-state index in [0.717, 1.165) is 12.5 Å². The molecule has 0 radical (unpaired) electrons. The topological polar surface area (TPSA) is 230 Å². The van der Waals surface area contributed by atoms with E-state index in [4.69, 9.17) is 23.7 Å². The lowest BCUT2D eigenvalue weighted by Gasteiger charge is -2.22. The van der Waals surface area contributed by atoms with Crippen LogP contribution in [-0.2, 0) is 70.1 Å². The second-order valence-electron chi connectivity index (χ2n) is 11.8. The number of aromatic hydroxyl groups is 1. The molecule has 0 aliphatic rings. The molecule has 0 spiro atoms. The zero-order valence-electron chi connectivity index (χ0n) is 29.7. The standard InChI is InChI=1S/C36H46N2O14/c1-21(39)33(44)51-23(3)35(46)52-24(4)34(45)50-22(2)32(43)38-28(19-26-11-13-27(40)14-12-26)30(41)15-16-31(42)37-29(36(47)49-18-17-48-5)20-25-9-7-6-8-10-25/h6-14,21-24,28-29,39-40H,15-20H2,1-5H3,(H,37,42)(H,38,43). The number of benzene rings is 2. The normalized spacial score (nSPS) is 14.3. The van der Waals surface area contributed by atoms with E-state index in [0.29, 0.717) is 5.56 Å². The van der Waals surface area contributed by atoms with Gasteiger partial charge in [-0.2, -0.15) is 0 Å². The molecule has 0 saturated heterocycles. The smallest absolute Gasteiger partial charge is 0.347 e. The van der Waals surface area contributed by atoms with Gasteiger partial charge >= 0.3 is 23.9 Å². The van der Waals surface area contributed by atoms with Gasteiger partial charge in [0.2, 0.25) is 5.91 Å². The van der Waals surface area contributed by atoms with Gasteiger partial charge in [0.1, 0.15) is 24.5 Å². The van der Waals surface area contributed by atoms with Crippen molar-refractivity contribution in [3.05, 3.63) is 65.7 Å². The Balaban J connectivity index is 2.07. The third-order valence-electron chi connectivity index (χ3n) is 7.37. The maximum absolute atomic E-state index is 13.4. The van der Waals surface area contributed by atoms with E-state index in [1.165, 1.54) is 52.1 Å². The van der Waals surface area contributed by atoms with E-state index in [9.17, 15) is 43.8 Å². The number of aliphatic hydroxyl groups is 1. The summed E-state index contributed by atoms with van der Waals surface area (Å²) < 4.78 is 24.9. The van der Waals surface area contributed by atoms with Crippen molar-refractivity contribution in [2.24, 2.45) is 0 Å². The van der Waals surface area contributed by atoms with Crippen molar-refractivity contribution in [1.82, 2.24) is 10.6 Å². The average molecular weight is 731 g/mol. The van der Waals surface area contributed by atoms with Crippen LogP contribution >= 0.6 is 0 Å². The number of phenols is 1. The van der Waals surface area contributed by atoms with Gasteiger partial charge in [-0.3, -0.25) is 14.4 Å². The van der Waals surface area contributed by atoms with Crippen LogP contribution in [0.3, 0.4) is 0 Å². The lowest BCUT2D eigenvalue weighted by molar-refractivity contribution is -0.181. The Morgan fingerprint density at radius 3 is 1.75 bits per heavy atom. The molecular formula is C36H46N2O14. The first-order valence-corrected chi connectivity index (χ1v) is 16.5. The maximum Gasteiger partial charge on any atom is 0.347 e. The predicted octanol–water partition coefficient (Wildman–Crippen LogP) is 0.862. The van der Waals surface area contributed by atoms with Gasteiger partial charge in [0, 0.05) is 26.4 Å². The molecule has 6 unspecified atom stereocenters. The van der Waals surface area contributed by atoms with E-state index >= 15 is 0 Å². The van der Waals surface area contributed by atoms with Crippen molar-refractivity contribution < 1.29 is 67.5 Å². The molecule has 0 aliphatic heterocycles. The van der Waals surface area contributed by atoms with Gasteiger partial charge in [-0.15, -0.1) is 0 Å². The van der Waals surface area contributed by atoms with E-state index < -0.39 is 78.0 Å². The van der Waals surface area contributed by atoms with E-state index in [1.807, 2.05) is 0 Å². The van der Waals surface area contributed by atoms with Gasteiger partial charge in [-0.25, -0.2) is 19.2 Å². The first-order valence-electron chi connectivity index (χ1n) is 16.5. The van der Waals surface area contributed by atoms with E-state index in [-0.39, 0.29) is 44.6 Å². The molecule has 0 saturated carbocycles. The molecule has 0 aromatic heterocycles. The van der Waals surface area contributed by atoms with Gasteiger partial charge in [-0.1, -0.05) is 42.5 Å². The molecule has 52 heavy (non-hydrogen) atoms.